The van der Waals surface area contributed by atoms with Crippen LogP contribution in [0.3, 0.4) is 0 Å². The van der Waals surface area contributed by atoms with Crippen molar-refractivity contribution in [3.05, 3.63) is 83.9 Å². The molecule has 186 valence electrons. The molecule has 0 saturated heterocycles. The summed E-state index contributed by atoms with van der Waals surface area (Å²) in [6.07, 6.45) is -5.05. The second-order valence-electron chi connectivity index (χ2n) is 7.99. The first-order chi connectivity index (χ1) is 17.2. The summed E-state index contributed by atoms with van der Waals surface area (Å²) < 4.78 is 44.5. The normalized spacial score (nSPS) is 15.1. The second kappa shape index (κ2) is 10.1. The topological polar surface area (TPSA) is 87.7 Å². The lowest BCUT2D eigenvalue weighted by molar-refractivity contribution is -0.137. The highest BCUT2D eigenvalue weighted by molar-refractivity contribution is 6.17. The zero-order valence-electron chi connectivity index (χ0n) is 19.1. The maximum Gasteiger partial charge on any atom is 0.416 e. The summed E-state index contributed by atoms with van der Waals surface area (Å²) in [7, 11) is 0. The number of nitrogens with one attached hydrogen (secondary N) is 2. The highest BCUT2D eigenvalue weighted by atomic mass is 19.4. The third kappa shape index (κ3) is 5.32. The van der Waals surface area contributed by atoms with Gasteiger partial charge < -0.3 is 15.4 Å². The van der Waals surface area contributed by atoms with E-state index in [0.717, 1.165) is 12.1 Å². The van der Waals surface area contributed by atoms with Gasteiger partial charge in [0.25, 0.3) is 5.91 Å². The molecular formula is C26H22F3N3O4. The van der Waals surface area contributed by atoms with E-state index in [4.69, 9.17) is 4.74 Å². The number of hydrogen-bond acceptors (Lipinski definition) is 4. The van der Waals surface area contributed by atoms with Gasteiger partial charge in [-0.3, -0.25) is 19.3 Å². The van der Waals surface area contributed by atoms with E-state index in [1.54, 1.807) is 48.5 Å². The van der Waals surface area contributed by atoms with Crippen molar-refractivity contribution in [2.75, 3.05) is 22.1 Å². The van der Waals surface area contributed by atoms with Gasteiger partial charge in [0, 0.05) is 11.3 Å². The Bertz CT molecular complexity index is 1290. The molecule has 1 atom stereocenters. The number of fused-ring (bicyclic) bond motifs is 1. The van der Waals surface area contributed by atoms with Crippen LogP contribution in [0.4, 0.5) is 30.2 Å². The summed E-state index contributed by atoms with van der Waals surface area (Å²) in [4.78, 5) is 40.5. The number of para-hydroxylation sites is 2. The molecule has 2 N–H and O–H groups in total. The SMILES string of the molecule is CCOc1ccc(C(=O)N2c3ccccc3NC(=O)C2CC(=O)Nc2cccc(C(F)(F)F)c2)cc1. The van der Waals surface area contributed by atoms with Gasteiger partial charge in [0.05, 0.1) is 30.0 Å². The van der Waals surface area contributed by atoms with E-state index in [-0.39, 0.29) is 11.3 Å². The molecule has 0 radical (unpaired) electrons. The summed E-state index contributed by atoms with van der Waals surface area (Å²) in [6.45, 7) is 2.29. The molecule has 3 amide bonds. The number of carbonyl (C=O) groups excluding carboxylic acids is 3. The molecule has 3 aromatic carbocycles. The van der Waals surface area contributed by atoms with Gasteiger partial charge in [0.1, 0.15) is 11.8 Å². The fourth-order valence-corrected chi connectivity index (χ4v) is 3.89. The molecular weight excluding hydrogens is 475 g/mol. The summed E-state index contributed by atoms with van der Waals surface area (Å²) >= 11 is 0. The number of alkyl halides is 3. The van der Waals surface area contributed by atoms with Crippen molar-refractivity contribution in [1.29, 1.82) is 0 Å². The number of halogens is 3. The van der Waals surface area contributed by atoms with E-state index >= 15 is 0 Å². The van der Waals surface area contributed by atoms with Crippen LogP contribution in [0.5, 0.6) is 5.75 Å². The average molecular weight is 497 g/mol. The molecule has 3 aromatic rings. The fraction of sp³-hybridized carbons (Fsp3) is 0.192. The molecule has 0 aliphatic carbocycles. The monoisotopic (exact) mass is 497 g/mol. The maximum absolute atomic E-state index is 13.5. The van der Waals surface area contributed by atoms with Crippen LogP contribution in [0, 0.1) is 0 Å². The molecule has 1 unspecified atom stereocenters. The molecule has 4 rings (SSSR count). The Kier molecular flexibility index (Phi) is 6.96. The summed E-state index contributed by atoms with van der Waals surface area (Å²) in [5.41, 5.74) is 0.0724. The van der Waals surface area contributed by atoms with Crippen LogP contribution in [0.1, 0.15) is 29.3 Å². The van der Waals surface area contributed by atoms with Crippen molar-refractivity contribution in [3.8, 4) is 5.75 Å². The number of nitrogens with zero attached hydrogens (tertiary/aromatic N) is 1. The lowest BCUT2D eigenvalue weighted by Gasteiger charge is -2.36. The lowest BCUT2D eigenvalue weighted by atomic mass is 10.0. The Labute approximate surface area is 204 Å². The van der Waals surface area contributed by atoms with Gasteiger partial charge in [-0.05, 0) is 61.5 Å². The average Bonchev–Trinajstić information content (AvgIpc) is 2.84. The molecule has 10 heteroatoms. The highest BCUT2D eigenvalue weighted by Gasteiger charge is 2.38. The van der Waals surface area contributed by atoms with E-state index in [0.29, 0.717) is 23.7 Å². The minimum absolute atomic E-state index is 0.0733. The molecule has 1 aliphatic heterocycles. The van der Waals surface area contributed by atoms with Crippen molar-refractivity contribution in [2.45, 2.75) is 25.6 Å². The summed E-state index contributed by atoms with van der Waals surface area (Å²) in [5.74, 6) is -1.26. The largest absolute Gasteiger partial charge is 0.494 e. The number of anilines is 3. The van der Waals surface area contributed by atoms with Crippen LogP contribution in [-0.4, -0.2) is 30.4 Å². The number of carbonyl (C=O) groups is 3. The van der Waals surface area contributed by atoms with E-state index in [2.05, 4.69) is 10.6 Å². The lowest BCUT2D eigenvalue weighted by Crippen LogP contribution is -2.52. The minimum Gasteiger partial charge on any atom is -0.494 e. The first-order valence-electron chi connectivity index (χ1n) is 11.1. The van der Waals surface area contributed by atoms with Crippen molar-refractivity contribution >= 4 is 34.8 Å². The van der Waals surface area contributed by atoms with Crippen molar-refractivity contribution in [3.63, 3.8) is 0 Å². The summed E-state index contributed by atoms with van der Waals surface area (Å²) in [5, 5.41) is 5.08. The molecule has 0 fully saturated rings. The quantitative estimate of drug-likeness (QED) is 0.496. The predicted molar refractivity (Wildman–Crippen MR) is 128 cm³/mol. The van der Waals surface area contributed by atoms with Gasteiger partial charge >= 0.3 is 6.18 Å². The third-order valence-electron chi connectivity index (χ3n) is 5.52. The number of benzene rings is 3. The Hall–Kier alpha value is -4.34. The van der Waals surface area contributed by atoms with Crippen molar-refractivity contribution in [2.24, 2.45) is 0 Å². The van der Waals surface area contributed by atoms with Crippen LogP contribution in [0.2, 0.25) is 0 Å². The van der Waals surface area contributed by atoms with Gasteiger partial charge in [-0.2, -0.15) is 13.2 Å². The number of amides is 3. The van der Waals surface area contributed by atoms with E-state index < -0.39 is 41.9 Å². The van der Waals surface area contributed by atoms with Crippen LogP contribution < -0.4 is 20.3 Å². The molecule has 0 bridgehead atoms. The second-order valence-corrected chi connectivity index (χ2v) is 7.99. The molecule has 7 nitrogen and oxygen atoms in total. The number of hydrogen-bond donors (Lipinski definition) is 2. The Balaban J connectivity index is 1.61. The van der Waals surface area contributed by atoms with Crippen LogP contribution >= 0.6 is 0 Å². The first kappa shape index (κ1) is 24.8. The summed E-state index contributed by atoms with van der Waals surface area (Å²) in [6, 6.07) is 16.0. The van der Waals surface area contributed by atoms with E-state index in [1.807, 2.05) is 6.92 Å². The van der Waals surface area contributed by atoms with Crippen molar-refractivity contribution < 1.29 is 32.3 Å². The molecule has 0 saturated carbocycles. The van der Waals surface area contributed by atoms with Gasteiger partial charge in [-0.1, -0.05) is 18.2 Å². The maximum atomic E-state index is 13.5. The molecule has 0 aromatic heterocycles. The van der Waals surface area contributed by atoms with Gasteiger partial charge in [-0.15, -0.1) is 0 Å². The molecule has 36 heavy (non-hydrogen) atoms. The van der Waals surface area contributed by atoms with E-state index in [9.17, 15) is 27.6 Å². The molecule has 0 spiro atoms. The van der Waals surface area contributed by atoms with Crippen molar-refractivity contribution in [1.82, 2.24) is 0 Å². The molecule has 1 heterocycles. The van der Waals surface area contributed by atoms with Gasteiger partial charge in [0.15, 0.2) is 0 Å². The number of ether oxygens (including phenoxy) is 1. The predicted octanol–water partition coefficient (Wildman–Crippen LogP) is 5.10. The Morgan fingerprint density at radius 1 is 1.03 bits per heavy atom. The fourth-order valence-electron chi connectivity index (χ4n) is 3.89. The standard InChI is InChI=1S/C26H22F3N3O4/c1-2-36-19-12-10-16(11-13-19)25(35)32-21-9-4-3-8-20(21)31-24(34)22(32)15-23(33)30-18-7-5-6-17(14-18)26(27,28)29/h3-14,22H,2,15H2,1H3,(H,30,33)(H,31,34). The number of rotatable bonds is 6. The Morgan fingerprint density at radius 3 is 2.44 bits per heavy atom. The highest BCUT2D eigenvalue weighted by Crippen LogP contribution is 2.35. The smallest absolute Gasteiger partial charge is 0.416 e. The minimum atomic E-state index is -4.57. The van der Waals surface area contributed by atoms with Crippen LogP contribution in [0.15, 0.2) is 72.8 Å². The molecule has 1 aliphatic rings. The van der Waals surface area contributed by atoms with Gasteiger partial charge in [-0.25, -0.2) is 0 Å². The van der Waals surface area contributed by atoms with Crippen LogP contribution in [-0.2, 0) is 15.8 Å². The third-order valence-corrected chi connectivity index (χ3v) is 5.52. The Morgan fingerprint density at radius 2 is 1.75 bits per heavy atom. The van der Waals surface area contributed by atoms with Crippen LogP contribution in [0.25, 0.3) is 0 Å². The zero-order valence-corrected chi connectivity index (χ0v) is 19.1. The van der Waals surface area contributed by atoms with E-state index in [1.165, 1.54) is 17.0 Å². The van der Waals surface area contributed by atoms with Gasteiger partial charge in [0.2, 0.25) is 11.8 Å². The zero-order chi connectivity index (χ0) is 25.9. The first-order valence-corrected chi connectivity index (χ1v) is 11.1.